The van der Waals surface area contributed by atoms with E-state index in [1.165, 1.54) is 26.9 Å². The van der Waals surface area contributed by atoms with Gasteiger partial charge in [0.2, 0.25) is 0 Å². The highest BCUT2D eigenvalue weighted by Gasteiger charge is 2.33. The van der Waals surface area contributed by atoms with Gasteiger partial charge in [0.1, 0.15) is 16.5 Å². The van der Waals surface area contributed by atoms with E-state index in [0.717, 1.165) is 24.3 Å². The van der Waals surface area contributed by atoms with Crippen LogP contribution in [-0.4, -0.2) is 114 Å². The van der Waals surface area contributed by atoms with Gasteiger partial charge in [-0.1, -0.05) is 26.5 Å². The number of likely N-dealkylation sites (N-methyl/N-ethyl adjacent to an activating group) is 1. The monoisotopic (exact) mass is 907 g/mol. The fraction of sp³-hybridized carbons (Fsp3) is 0.385. The van der Waals surface area contributed by atoms with Crippen LogP contribution in [0.15, 0.2) is 73.8 Å². The largest absolute Gasteiger partial charge is 0.434 e. The minimum absolute atomic E-state index is 0. The zero-order valence-electron chi connectivity index (χ0n) is 33.5. The van der Waals surface area contributed by atoms with Gasteiger partial charge in [-0.3, -0.25) is 14.6 Å². The normalized spacial score (nSPS) is 11.9. The molecule has 63 heavy (non-hydrogen) atoms. The lowest BCUT2D eigenvalue weighted by Crippen LogP contribution is -2.40. The number of aryl methyl sites for hydroxylation is 3. The molecule has 0 unspecified atom stereocenters. The molecule has 6 heterocycles. The molecule has 340 valence electrons. The Hall–Kier alpha value is -6.49. The molecular weight excluding hydrogens is 860 g/mol. The van der Waals surface area contributed by atoms with Crippen LogP contribution in [0.25, 0.3) is 11.4 Å². The van der Waals surface area contributed by atoms with E-state index in [1.54, 1.807) is 56.5 Å². The third-order valence-electron chi connectivity index (χ3n) is 8.73. The molecule has 2 amide bonds. The number of nitrogens with two attached hydrogens (primary N) is 1. The van der Waals surface area contributed by atoms with E-state index in [9.17, 15) is 35.9 Å². The van der Waals surface area contributed by atoms with Crippen molar-refractivity contribution in [3.05, 3.63) is 119 Å². The third kappa shape index (κ3) is 14.6. The van der Waals surface area contributed by atoms with Crippen LogP contribution in [0.5, 0.6) is 0 Å². The Morgan fingerprint density at radius 1 is 0.667 bits per heavy atom. The maximum atomic E-state index is 13.1. The highest BCUT2D eigenvalue weighted by Crippen LogP contribution is 2.28. The van der Waals surface area contributed by atoms with Crippen molar-refractivity contribution in [3.8, 4) is 11.4 Å². The summed E-state index contributed by atoms with van der Waals surface area (Å²) in [4.78, 5) is 53.6. The molecule has 0 saturated heterocycles. The lowest BCUT2D eigenvalue weighted by atomic mass is 10.1. The molecule has 0 bridgehead atoms. The van der Waals surface area contributed by atoms with Crippen molar-refractivity contribution < 1.29 is 35.9 Å². The predicted molar refractivity (Wildman–Crippen MR) is 221 cm³/mol. The van der Waals surface area contributed by atoms with E-state index in [2.05, 4.69) is 50.3 Å². The van der Waals surface area contributed by atoms with Crippen molar-refractivity contribution in [3.63, 3.8) is 0 Å². The average molecular weight is 908 g/mol. The smallest absolute Gasteiger partial charge is 0.338 e. The van der Waals surface area contributed by atoms with Crippen LogP contribution in [0.3, 0.4) is 0 Å². The van der Waals surface area contributed by atoms with E-state index in [-0.39, 0.29) is 49.6 Å². The second-order valence-electron chi connectivity index (χ2n) is 13.2. The Morgan fingerprint density at radius 3 is 1.44 bits per heavy atom. The maximum Gasteiger partial charge on any atom is 0.434 e. The molecule has 24 heteroatoms. The van der Waals surface area contributed by atoms with Gasteiger partial charge in [0.05, 0.1) is 49.1 Å². The first kappa shape index (κ1) is 52.6. The van der Waals surface area contributed by atoms with Crippen molar-refractivity contribution >= 4 is 23.4 Å². The van der Waals surface area contributed by atoms with Crippen molar-refractivity contribution in [2.45, 2.75) is 79.8 Å². The molecule has 0 aliphatic heterocycles. The molecule has 2 atom stereocenters. The first-order valence-electron chi connectivity index (χ1n) is 18.1. The Kier molecular flexibility index (Phi) is 19.3. The Bertz CT molecular complexity index is 2330. The van der Waals surface area contributed by atoms with Gasteiger partial charge < -0.3 is 15.5 Å². The fourth-order valence-electron chi connectivity index (χ4n) is 4.95. The Labute approximate surface area is 364 Å². The van der Waals surface area contributed by atoms with Crippen molar-refractivity contribution in [1.29, 1.82) is 0 Å². The molecule has 6 aromatic heterocycles. The number of carbonyl (C=O) groups is 2. The molecule has 0 aliphatic rings. The quantitative estimate of drug-likeness (QED) is 0.143. The van der Waals surface area contributed by atoms with Crippen LogP contribution in [0, 0.1) is 13.8 Å². The number of hydrogen-bond donors (Lipinski definition) is 1. The zero-order valence-corrected chi connectivity index (χ0v) is 34.3. The van der Waals surface area contributed by atoms with E-state index in [4.69, 9.17) is 17.3 Å². The summed E-state index contributed by atoms with van der Waals surface area (Å²) in [6.45, 7) is 7.74. The van der Waals surface area contributed by atoms with Crippen LogP contribution in [0.4, 0.5) is 26.3 Å². The predicted octanol–water partition coefficient (Wildman–Crippen LogP) is 6.68. The molecule has 0 spiro atoms. The molecule has 6 aromatic rings. The van der Waals surface area contributed by atoms with Crippen LogP contribution >= 0.6 is 11.6 Å². The Morgan fingerprint density at radius 2 is 1.08 bits per heavy atom. The summed E-state index contributed by atoms with van der Waals surface area (Å²) < 4.78 is 73.1. The summed E-state index contributed by atoms with van der Waals surface area (Å²) in [5.74, 6) is -0.504. The van der Waals surface area contributed by atoms with Gasteiger partial charge in [-0.25, -0.2) is 24.9 Å². The van der Waals surface area contributed by atoms with Gasteiger partial charge in [-0.2, -0.15) is 46.7 Å². The van der Waals surface area contributed by atoms with Gasteiger partial charge in [0.25, 0.3) is 11.8 Å². The van der Waals surface area contributed by atoms with Crippen molar-refractivity contribution in [2.24, 2.45) is 5.73 Å². The summed E-state index contributed by atoms with van der Waals surface area (Å²) in [7, 11) is 3.36. The van der Waals surface area contributed by atoms with Crippen molar-refractivity contribution in [1.82, 2.24) is 69.7 Å². The van der Waals surface area contributed by atoms with Gasteiger partial charge in [-0.15, -0.1) is 9.59 Å². The summed E-state index contributed by atoms with van der Waals surface area (Å²) in [5.41, 5.74) is 6.96. The van der Waals surface area contributed by atoms with E-state index < -0.39 is 23.7 Å². The standard InChI is InChI=1S/C19H20F3N7O.C13H18N6O.C5H2ClF3N2.2CH4/c1-12-4-7-15(29-25-8-9-26-29)17(27-12)18(30)28(3)13(2)5-6-14-10-24-16(11-23-14)19(20,21)22;1-9-4-5-11(19-15-6-7-16-19)12(17-9)13(20)18(3)10(2)8-14;6-4-2-10-3(1-11-4)5(7,8)9;;/h4,7-11,13H,5-6H2,1-3H3;4-7,10H,8,14H2,1-3H3;1-2H;2*1H4/t13-;10-;;;/m00.../s1. The van der Waals surface area contributed by atoms with E-state index >= 15 is 0 Å². The minimum atomic E-state index is -4.52. The van der Waals surface area contributed by atoms with Crippen LogP contribution in [0.2, 0.25) is 5.15 Å². The molecular formula is C39H48ClF6N15O2. The highest BCUT2D eigenvalue weighted by atomic mass is 35.5. The molecule has 0 saturated carbocycles. The maximum absolute atomic E-state index is 13.1. The SMILES string of the molecule is C.C.Cc1ccc(-n2nccn2)c(C(=O)N(C)[C@@H](C)CCc2cnc(C(F)(F)F)cn2)n1.Cc1ccc(-n2nccn2)c(C(=O)N(C)[C@@H](C)CN)n1.FC(F)(F)c1cnc(Cl)cn1. The number of amides is 2. The molecule has 0 fully saturated rings. The second kappa shape index (κ2) is 23.1. The van der Waals surface area contributed by atoms with E-state index in [1.807, 2.05) is 26.8 Å². The number of hydrogen-bond acceptors (Lipinski definition) is 13. The first-order valence-corrected chi connectivity index (χ1v) is 18.4. The average Bonchev–Trinajstić information content (AvgIpc) is 3.98. The van der Waals surface area contributed by atoms with Crippen LogP contribution < -0.4 is 5.73 Å². The van der Waals surface area contributed by atoms with Crippen LogP contribution in [-0.2, 0) is 18.8 Å². The highest BCUT2D eigenvalue weighted by molar-refractivity contribution is 6.29. The molecule has 6 rings (SSSR count). The summed E-state index contributed by atoms with van der Waals surface area (Å²) in [6.07, 6.45) is 1.29. The molecule has 0 aromatic carbocycles. The number of alkyl halides is 6. The van der Waals surface area contributed by atoms with Crippen LogP contribution in [0.1, 0.15) is 84.6 Å². The lowest BCUT2D eigenvalue weighted by molar-refractivity contribution is -0.142. The topological polar surface area (TPSA) is 205 Å². The molecule has 2 N–H and O–H groups in total. The first-order chi connectivity index (χ1) is 28.7. The fourth-order valence-corrected chi connectivity index (χ4v) is 5.05. The van der Waals surface area contributed by atoms with Gasteiger partial charge in [0, 0.05) is 50.3 Å². The van der Waals surface area contributed by atoms with E-state index in [0.29, 0.717) is 54.0 Å². The number of rotatable bonds is 10. The summed E-state index contributed by atoms with van der Waals surface area (Å²) in [5, 5.41) is 16.2. The lowest BCUT2D eigenvalue weighted by Gasteiger charge is -2.25. The van der Waals surface area contributed by atoms with Crippen molar-refractivity contribution in [2.75, 3.05) is 20.6 Å². The number of aromatic nitrogens is 12. The second-order valence-corrected chi connectivity index (χ2v) is 13.6. The summed E-state index contributed by atoms with van der Waals surface area (Å²) >= 11 is 5.22. The minimum Gasteiger partial charge on any atom is -0.338 e. The zero-order chi connectivity index (χ0) is 45.1. The number of halogens is 7. The molecule has 0 radical (unpaired) electrons. The van der Waals surface area contributed by atoms with Gasteiger partial charge in [-0.05, 0) is 64.8 Å². The molecule has 17 nitrogen and oxygen atoms in total. The molecule has 0 aliphatic carbocycles. The number of nitrogens with zero attached hydrogens (tertiary/aromatic N) is 14. The summed E-state index contributed by atoms with van der Waals surface area (Å²) in [6, 6.07) is 6.82. The van der Waals surface area contributed by atoms with Gasteiger partial charge in [0.15, 0.2) is 22.8 Å². The Balaban J connectivity index is 0.000000356. The number of carbonyl (C=O) groups excluding carboxylic acids is 2. The van der Waals surface area contributed by atoms with Gasteiger partial charge >= 0.3 is 12.4 Å². The number of pyridine rings is 2. The third-order valence-corrected chi connectivity index (χ3v) is 8.92.